The zero-order valence-electron chi connectivity index (χ0n) is 20.6. The molecule has 1 atom stereocenters. The molecule has 0 unspecified atom stereocenters. The first-order valence-electron chi connectivity index (χ1n) is 11.1. The maximum atomic E-state index is 13.4. The molecule has 1 aliphatic heterocycles. The van der Waals surface area contributed by atoms with E-state index in [9.17, 15) is 9.59 Å². The van der Waals surface area contributed by atoms with E-state index in [0.29, 0.717) is 42.4 Å². The molecule has 2 amide bonds. The average Bonchev–Trinajstić information content (AvgIpc) is 2.82. The number of methoxy groups -OCH3 is 4. The highest BCUT2D eigenvalue weighted by Crippen LogP contribution is 2.41. The van der Waals surface area contributed by atoms with E-state index in [4.69, 9.17) is 24.7 Å². The highest BCUT2D eigenvalue weighted by Gasteiger charge is 2.37. The number of nitrogens with two attached hydrogens (primary N) is 1. The smallest absolute Gasteiger partial charge is 0.228 e. The SMILES string of the molecule is COc1ccc(C[C@H]2c3cc(OC)c(OC)cc3CCN2C(=O)[CH]C(C)(C)C(N)=O)cc1OC. The van der Waals surface area contributed by atoms with Crippen LogP contribution in [0.15, 0.2) is 30.3 Å². The Balaban J connectivity index is 2.05. The Morgan fingerprint density at radius 2 is 1.56 bits per heavy atom. The Labute approximate surface area is 200 Å². The number of rotatable bonds is 9. The van der Waals surface area contributed by atoms with Crippen molar-refractivity contribution in [2.45, 2.75) is 32.7 Å². The van der Waals surface area contributed by atoms with Crippen molar-refractivity contribution in [2.75, 3.05) is 35.0 Å². The topological polar surface area (TPSA) is 100 Å². The first-order valence-corrected chi connectivity index (χ1v) is 11.1. The summed E-state index contributed by atoms with van der Waals surface area (Å²) < 4.78 is 21.9. The van der Waals surface area contributed by atoms with Gasteiger partial charge in [0.05, 0.1) is 46.3 Å². The van der Waals surface area contributed by atoms with Crippen LogP contribution in [0.2, 0.25) is 0 Å². The largest absolute Gasteiger partial charge is 0.493 e. The second-order valence-corrected chi connectivity index (χ2v) is 8.83. The molecule has 2 N–H and O–H groups in total. The summed E-state index contributed by atoms with van der Waals surface area (Å²) in [6.07, 6.45) is 2.58. The minimum atomic E-state index is -1.07. The fourth-order valence-electron chi connectivity index (χ4n) is 4.21. The Hall–Kier alpha value is -3.42. The van der Waals surface area contributed by atoms with E-state index in [2.05, 4.69) is 0 Å². The van der Waals surface area contributed by atoms with Gasteiger partial charge < -0.3 is 29.6 Å². The van der Waals surface area contributed by atoms with Crippen LogP contribution < -0.4 is 24.7 Å². The van der Waals surface area contributed by atoms with E-state index in [1.807, 2.05) is 30.3 Å². The first-order chi connectivity index (χ1) is 16.1. The molecule has 8 nitrogen and oxygen atoms in total. The molecule has 0 aliphatic carbocycles. The van der Waals surface area contributed by atoms with Crippen molar-refractivity contribution in [1.29, 1.82) is 0 Å². The molecule has 0 spiro atoms. The summed E-state index contributed by atoms with van der Waals surface area (Å²) in [6, 6.07) is 9.31. The van der Waals surface area contributed by atoms with Crippen LogP contribution in [0.4, 0.5) is 0 Å². The van der Waals surface area contributed by atoms with E-state index in [1.54, 1.807) is 47.2 Å². The first kappa shape index (κ1) is 25.2. The van der Waals surface area contributed by atoms with E-state index in [-0.39, 0.29) is 11.9 Å². The fraction of sp³-hybridized carbons (Fsp3) is 0.423. The van der Waals surface area contributed by atoms with Crippen molar-refractivity contribution in [3.63, 3.8) is 0 Å². The number of hydrogen-bond acceptors (Lipinski definition) is 6. The zero-order chi connectivity index (χ0) is 25.0. The molecule has 0 bridgehead atoms. The van der Waals surface area contributed by atoms with Gasteiger partial charge in [-0.05, 0) is 53.8 Å². The highest BCUT2D eigenvalue weighted by molar-refractivity contribution is 5.94. The van der Waals surface area contributed by atoms with Crippen molar-refractivity contribution in [2.24, 2.45) is 11.1 Å². The van der Waals surface area contributed by atoms with Crippen molar-refractivity contribution in [3.8, 4) is 23.0 Å². The summed E-state index contributed by atoms with van der Waals surface area (Å²) in [6.45, 7) is 3.77. The van der Waals surface area contributed by atoms with Crippen LogP contribution in [0.25, 0.3) is 0 Å². The van der Waals surface area contributed by atoms with Crippen LogP contribution in [0.5, 0.6) is 23.0 Å². The molecule has 34 heavy (non-hydrogen) atoms. The van der Waals surface area contributed by atoms with Gasteiger partial charge in [-0.15, -0.1) is 0 Å². The fourth-order valence-corrected chi connectivity index (χ4v) is 4.21. The van der Waals surface area contributed by atoms with Gasteiger partial charge in [0.25, 0.3) is 0 Å². The van der Waals surface area contributed by atoms with Crippen LogP contribution in [0, 0.1) is 11.8 Å². The summed E-state index contributed by atoms with van der Waals surface area (Å²) in [5.41, 5.74) is 7.47. The number of fused-ring (bicyclic) bond motifs is 1. The van der Waals surface area contributed by atoms with Gasteiger partial charge in [0, 0.05) is 6.54 Å². The van der Waals surface area contributed by atoms with E-state index in [0.717, 1.165) is 16.7 Å². The number of carbonyl (C=O) groups is 2. The number of primary amides is 1. The molecule has 183 valence electrons. The monoisotopic (exact) mass is 469 g/mol. The molecule has 0 aromatic heterocycles. The lowest BCUT2D eigenvalue weighted by atomic mass is 9.84. The molecule has 1 aliphatic rings. The zero-order valence-corrected chi connectivity index (χ0v) is 20.6. The molecule has 2 aromatic rings. The molecule has 2 aromatic carbocycles. The summed E-state index contributed by atoms with van der Waals surface area (Å²) in [5, 5.41) is 0. The minimum Gasteiger partial charge on any atom is -0.493 e. The molecular formula is C26H33N2O6. The van der Waals surface area contributed by atoms with Gasteiger partial charge >= 0.3 is 0 Å². The number of nitrogens with zero attached hydrogens (tertiary/aromatic N) is 1. The predicted molar refractivity (Wildman–Crippen MR) is 128 cm³/mol. The van der Waals surface area contributed by atoms with E-state index >= 15 is 0 Å². The van der Waals surface area contributed by atoms with Gasteiger partial charge in [0.2, 0.25) is 11.8 Å². The Bertz CT molecular complexity index is 1070. The summed E-state index contributed by atoms with van der Waals surface area (Å²) >= 11 is 0. The Kier molecular flexibility index (Phi) is 7.59. The van der Waals surface area contributed by atoms with Gasteiger partial charge in [0.1, 0.15) is 0 Å². The lowest BCUT2D eigenvalue weighted by molar-refractivity contribution is -0.135. The summed E-state index contributed by atoms with van der Waals surface area (Å²) in [4.78, 5) is 27.0. The van der Waals surface area contributed by atoms with E-state index in [1.165, 1.54) is 6.42 Å². The third-order valence-corrected chi connectivity index (χ3v) is 6.28. The maximum absolute atomic E-state index is 13.4. The number of amides is 2. The maximum Gasteiger partial charge on any atom is 0.228 e. The molecule has 0 saturated carbocycles. The summed E-state index contributed by atoms with van der Waals surface area (Å²) in [5.74, 6) is 1.69. The summed E-state index contributed by atoms with van der Waals surface area (Å²) in [7, 11) is 6.37. The van der Waals surface area contributed by atoms with Crippen molar-refractivity contribution >= 4 is 11.8 Å². The highest BCUT2D eigenvalue weighted by atomic mass is 16.5. The third-order valence-electron chi connectivity index (χ3n) is 6.28. The van der Waals surface area contributed by atoms with Gasteiger partial charge in [-0.1, -0.05) is 19.9 Å². The van der Waals surface area contributed by atoms with Gasteiger partial charge in [-0.3, -0.25) is 9.59 Å². The second-order valence-electron chi connectivity index (χ2n) is 8.83. The van der Waals surface area contributed by atoms with Gasteiger partial charge in [-0.2, -0.15) is 0 Å². The van der Waals surface area contributed by atoms with Gasteiger partial charge in [-0.25, -0.2) is 0 Å². The van der Waals surface area contributed by atoms with Crippen molar-refractivity contribution in [3.05, 3.63) is 53.4 Å². The predicted octanol–water partition coefficient (Wildman–Crippen LogP) is 3.11. The standard InChI is InChI=1S/C26H33N2O6/c1-26(2,25(27)30)15-24(29)28-10-9-17-13-22(33-5)23(34-6)14-18(17)19(28)11-16-7-8-20(31-3)21(12-16)32-4/h7-8,12-15,19H,9-11H2,1-6H3,(H2,27,30)/t19-/m0/s1. The van der Waals surface area contributed by atoms with Gasteiger partial charge in [0.15, 0.2) is 23.0 Å². The lowest BCUT2D eigenvalue weighted by Crippen LogP contribution is -2.45. The van der Waals surface area contributed by atoms with Crippen molar-refractivity contribution < 1.29 is 28.5 Å². The Morgan fingerprint density at radius 1 is 0.971 bits per heavy atom. The molecule has 0 saturated heterocycles. The molecule has 8 heteroatoms. The normalized spacial score (nSPS) is 15.4. The van der Waals surface area contributed by atoms with Crippen LogP contribution in [-0.2, 0) is 22.4 Å². The van der Waals surface area contributed by atoms with Crippen LogP contribution in [0.1, 0.15) is 36.6 Å². The molecule has 3 rings (SSSR count). The molecular weight excluding hydrogens is 436 g/mol. The number of benzene rings is 2. The Morgan fingerprint density at radius 3 is 2.15 bits per heavy atom. The second kappa shape index (κ2) is 10.2. The lowest BCUT2D eigenvalue weighted by Gasteiger charge is -2.39. The quantitative estimate of drug-likeness (QED) is 0.606. The van der Waals surface area contributed by atoms with Crippen LogP contribution in [-0.4, -0.2) is 51.7 Å². The van der Waals surface area contributed by atoms with Crippen LogP contribution in [0.3, 0.4) is 0 Å². The molecule has 1 radical (unpaired) electrons. The van der Waals surface area contributed by atoms with E-state index < -0.39 is 11.3 Å². The third kappa shape index (κ3) is 5.05. The number of hydrogen-bond donors (Lipinski definition) is 1. The van der Waals surface area contributed by atoms with Crippen LogP contribution >= 0.6 is 0 Å². The number of ether oxygens (including phenoxy) is 4. The van der Waals surface area contributed by atoms with Crippen molar-refractivity contribution in [1.82, 2.24) is 4.90 Å². The number of carbonyl (C=O) groups excluding carboxylic acids is 2. The average molecular weight is 470 g/mol. The molecule has 1 heterocycles. The molecule has 0 fully saturated rings. The minimum absolute atomic E-state index is 0.241.